The number of ether oxygens (including phenoxy) is 1. The third-order valence-electron chi connectivity index (χ3n) is 4.30. The van der Waals surface area contributed by atoms with Gasteiger partial charge in [-0.15, -0.1) is 0 Å². The number of hydrogen-bond donors (Lipinski definition) is 2. The highest BCUT2D eigenvalue weighted by molar-refractivity contribution is 14.1. The average Bonchev–Trinajstić information content (AvgIpc) is 3.02. The number of amides is 1. The summed E-state index contributed by atoms with van der Waals surface area (Å²) in [6.07, 6.45) is 0.970. The normalized spacial score (nSPS) is 20.9. The fourth-order valence-electron chi connectivity index (χ4n) is 2.69. The maximum absolute atomic E-state index is 14.5. The van der Waals surface area contributed by atoms with Gasteiger partial charge in [-0.05, 0) is 47.7 Å². The van der Waals surface area contributed by atoms with Crippen LogP contribution in [0.3, 0.4) is 0 Å². The zero-order chi connectivity index (χ0) is 21.6. The lowest BCUT2D eigenvalue weighted by Gasteiger charge is -2.37. The van der Waals surface area contributed by atoms with Gasteiger partial charge < -0.3 is 15.8 Å². The average molecular weight is 529 g/mol. The number of aliphatic imine (C=N–C) groups is 1. The first-order valence-electron chi connectivity index (χ1n) is 7.95. The molecule has 1 atom stereocenters. The smallest absolute Gasteiger partial charge is 0.333 e. The van der Waals surface area contributed by atoms with E-state index in [0.717, 1.165) is 31.3 Å². The highest BCUT2D eigenvalue weighted by Crippen LogP contribution is 2.44. The number of amidine groups is 1. The van der Waals surface area contributed by atoms with E-state index in [0.29, 0.717) is 4.68 Å². The van der Waals surface area contributed by atoms with Crippen molar-refractivity contribution in [2.24, 2.45) is 10.7 Å². The number of hydrogen-bond acceptors (Lipinski definition) is 5. The largest absolute Gasteiger partial charge is 0.459 e. The molecule has 0 radical (unpaired) electrons. The van der Waals surface area contributed by atoms with Crippen molar-refractivity contribution in [2.45, 2.75) is 24.9 Å². The summed E-state index contributed by atoms with van der Waals surface area (Å²) < 4.78 is 73.7. The Hall–Kier alpha value is -2.45. The number of benzene rings is 1. The van der Waals surface area contributed by atoms with Gasteiger partial charge in [0.25, 0.3) is 11.9 Å². The third kappa shape index (κ3) is 3.86. The molecule has 0 aliphatic carbocycles. The predicted octanol–water partition coefficient (Wildman–Crippen LogP) is 3.47. The van der Waals surface area contributed by atoms with Crippen LogP contribution in [0.4, 0.5) is 27.6 Å². The van der Waals surface area contributed by atoms with Gasteiger partial charge in [0, 0.05) is 17.4 Å². The van der Waals surface area contributed by atoms with E-state index in [1.807, 2.05) is 0 Å². The van der Waals surface area contributed by atoms with Gasteiger partial charge in [0.1, 0.15) is 5.82 Å². The molecule has 0 saturated carbocycles. The lowest BCUT2D eigenvalue weighted by Crippen LogP contribution is -2.51. The van der Waals surface area contributed by atoms with E-state index >= 15 is 0 Å². The van der Waals surface area contributed by atoms with Gasteiger partial charge in [-0.3, -0.25) is 4.79 Å². The van der Waals surface area contributed by atoms with E-state index in [9.17, 15) is 26.7 Å². The molecule has 7 nitrogen and oxygen atoms in total. The molecule has 1 amide bonds. The number of anilines is 1. The molecular formula is C16H13F5IN5O2. The summed E-state index contributed by atoms with van der Waals surface area (Å²) in [6, 6.07) is 2.44. The van der Waals surface area contributed by atoms with Gasteiger partial charge >= 0.3 is 12.5 Å². The number of aromatic nitrogens is 2. The zero-order valence-corrected chi connectivity index (χ0v) is 16.8. The summed E-state index contributed by atoms with van der Waals surface area (Å²) in [5, 5.41) is 5.81. The summed E-state index contributed by atoms with van der Waals surface area (Å²) in [6.45, 7) is -3.06. The molecule has 1 aliphatic rings. The van der Waals surface area contributed by atoms with Crippen molar-refractivity contribution < 1.29 is 31.5 Å². The Morgan fingerprint density at radius 3 is 2.72 bits per heavy atom. The summed E-state index contributed by atoms with van der Waals surface area (Å²) >= 11 is 1.65. The fraction of sp³-hybridized carbons (Fsp3) is 0.312. The van der Waals surface area contributed by atoms with E-state index in [4.69, 9.17) is 5.73 Å². The van der Waals surface area contributed by atoms with E-state index in [2.05, 4.69) is 20.1 Å². The molecule has 156 valence electrons. The molecule has 1 aromatic carbocycles. The minimum atomic E-state index is -3.59. The van der Waals surface area contributed by atoms with Crippen LogP contribution in [0.2, 0.25) is 0 Å². The van der Waals surface area contributed by atoms with Crippen LogP contribution in [0.5, 0.6) is 0 Å². The van der Waals surface area contributed by atoms with Gasteiger partial charge in [-0.2, -0.15) is 22.7 Å². The summed E-state index contributed by atoms with van der Waals surface area (Å²) in [5.74, 6) is -5.47. The highest BCUT2D eigenvalue weighted by atomic mass is 127. The predicted molar refractivity (Wildman–Crippen MR) is 100 cm³/mol. The lowest BCUT2D eigenvalue weighted by molar-refractivity contribution is -0.117. The van der Waals surface area contributed by atoms with Crippen molar-refractivity contribution in [3.8, 4) is 0 Å². The molecule has 0 unspecified atom stereocenters. The van der Waals surface area contributed by atoms with Crippen molar-refractivity contribution in [2.75, 3.05) is 11.9 Å². The lowest BCUT2D eigenvalue weighted by atomic mass is 9.85. The van der Waals surface area contributed by atoms with E-state index in [1.165, 1.54) is 0 Å². The molecular weight excluding hydrogens is 516 g/mol. The minimum absolute atomic E-state index is 0.0638. The second kappa shape index (κ2) is 7.42. The number of halogens is 6. The standard InChI is InChI=1S/C16H13F5IN5O2/c1-15(16(20,21)6-29-14(23)25-15)8-4-7(2-3-9(8)17)24-12(28)11-10(22)5-27(26-11)13(18)19/h2-5,13H,6H2,1H3,(H2,23,25)(H,24,28)/t15-/m1/s1. The Morgan fingerprint density at radius 2 is 2.10 bits per heavy atom. The number of nitrogens with two attached hydrogens (primary N) is 1. The number of nitrogens with zero attached hydrogens (tertiary/aromatic N) is 3. The Labute approximate surface area is 174 Å². The molecule has 2 heterocycles. The van der Waals surface area contributed by atoms with Gasteiger partial charge in [0.05, 0.1) is 3.57 Å². The van der Waals surface area contributed by atoms with Gasteiger partial charge in [-0.1, -0.05) is 0 Å². The fourth-order valence-corrected chi connectivity index (χ4v) is 3.32. The quantitative estimate of drug-likeness (QED) is 0.469. The van der Waals surface area contributed by atoms with Crippen LogP contribution in [0, 0.1) is 9.39 Å². The number of alkyl halides is 4. The molecule has 1 aliphatic heterocycles. The third-order valence-corrected chi connectivity index (χ3v) is 5.09. The van der Waals surface area contributed by atoms with Crippen LogP contribution in [-0.2, 0) is 10.3 Å². The maximum Gasteiger partial charge on any atom is 0.333 e. The SMILES string of the molecule is C[C@]1(c2cc(NC(=O)c3nn(C(F)F)cc3I)ccc2F)N=C(N)OCC1(F)F. The van der Waals surface area contributed by atoms with Crippen LogP contribution < -0.4 is 11.1 Å². The topological polar surface area (TPSA) is 94.5 Å². The Bertz CT molecular complexity index is 996. The van der Waals surface area contributed by atoms with Crippen molar-refractivity contribution >= 4 is 40.2 Å². The van der Waals surface area contributed by atoms with E-state index < -0.39 is 47.9 Å². The first-order valence-corrected chi connectivity index (χ1v) is 9.02. The number of carbonyl (C=O) groups is 1. The van der Waals surface area contributed by atoms with Crippen LogP contribution in [0.25, 0.3) is 0 Å². The van der Waals surface area contributed by atoms with E-state index in [1.54, 1.807) is 22.6 Å². The van der Waals surface area contributed by atoms with Crippen LogP contribution in [-0.4, -0.2) is 34.2 Å². The molecule has 0 saturated heterocycles. The van der Waals surface area contributed by atoms with Crippen molar-refractivity contribution in [3.05, 3.63) is 45.0 Å². The second-order valence-corrected chi connectivity index (χ2v) is 7.41. The monoisotopic (exact) mass is 529 g/mol. The molecule has 13 heteroatoms. The summed E-state index contributed by atoms with van der Waals surface area (Å²) in [5.41, 5.74) is 2.11. The van der Waals surface area contributed by atoms with Crippen LogP contribution >= 0.6 is 22.6 Å². The van der Waals surface area contributed by atoms with Crippen molar-refractivity contribution in [1.29, 1.82) is 0 Å². The van der Waals surface area contributed by atoms with Crippen molar-refractivity contribution in [1.82, 2.24) is 9.78 Å². The van der Waals surface area contributed by atoms with Crippen molar-refractivity contribution in [3.63, 3.8) is 0 Å². The van der Waals surface area contributed by atoms with E-state index in [-0.39, 0.29) is 15.0 Å². The van der Waals surface area contributed by atoms with Crippen LogP contribution in [0.1, 0.15) is 29.5 Å². The molecule has 3 rings (SSSR count). The molecule has 0 fully saturated rings. The number of rotatable bonds is 4. The van der Waals surface area contributed by atoms with Gasteiger partial charge in [-0.25, -0.2) is 14.1 Å². The van der Waals surface area contributed by atoms with Gasteiger partial charge in [0.2, 0.25) is 0 Å². The Kier molecular flexibility index (Phi) is 5.44. The Morgan fingerprint density at radius 1 is 1.41 bits per heavy atom. The van der Waals surface area contributed by atoms with Crippen LogP contribution in [0.15, 0.2) is 29.4 Å². The number of nitrogens with one attached hydrogen (secondary N) is 1. The molecule has 0 spiro atoms. The minimum Gasteiger partial charge on any atom is -0.459 e. The first-order chi connectivity index (χ1) is 13.4. The molecule has 1 aromatic heterocycles. The molecule has 3 N–H and O–H groups in total. The first kappa shape index (κ1) is 21.3. The molecule has 2 aromatic rings. The maximum atomic E-state index is 14.5. The molecule has 0 bridgehead atoms. The molecule has 29 heavy (non-hydrogen) atoms. The van der Waals surface area contributed by atoms with Gasteiger partial charge in [0.15, 0.2) is 17.8 Å². The summed E-state index contributed by atoms with van der Waals surface area (Å²) in [7, 11) is 0. The summed E-state index contributed by atoms with van der Waals surface area (Å²) in [4.78, 5) is 15.9. The zero-order valence-electron chi connectivity index (χ0n) is 14.6. The highest BCUT2D eigenvalue weighted by Gasteiger charge is 2.56. The second-order valence-electron chi connectivity index (χ2n) is 6.25. The number of carbonyl (C=O) groups excluding carboxylic acids is 1. The Balaban J connectivity index is 1.96.